The second-order valence-corrected chi connectivity index (χ2v) is 5.82. The van der Waals surface area contributed by atoms with Gasteiger partial charge in [-0.15, -0.1) is 0 Å². The lowest BCUT2D eigenvalue weighted by Crippen LogP contribution is -2.34. The minimum Gasteiger partial charge on any atom is -0.371 e. The Balaban J connectivity index is 2.00. The maximum Gasteiger partial charge on any atom is 0.0510 e. The molecule has 0 radical (unpaired) electrons. The summed E-state index contributed by atoms with van der Waals surface area (Å²) in [5.41, 5.74) is 8.26. The predicted octanol–water partition coefficient (Wildman–Crippen LogP) is 3.32. The van der Waals surface area contributed by atoms with Gasteiger partial charge in [0.05, 0.1) is 5.69 Å². The summed E-state index contributed by atoms with van der Waals surface area (Å²) in [6, 6.07) is 6.61. The molecule has 0 aliphatic carbocycles. The molecular formula is C14H21BrN2. The molecule has 0 atom stereocenters. The summed E-state index contributed by atoms with van der Waals surface area (Å²) < 4.78 is 1.22. The van der Waals surface area contributed by atoms with Gasteiger partial charge in [0.2, 0.25) is 0 Å². The number of nitrogens with zero attached hydrogens (tertiary/aromatic N) is 1. The number of halogens is 1. The Morgan fingerprint density at radius 2 is 2.06 bits per heavy atom. The molecule has 1 aliphatic heterocycles. The van der Waals surface area contributed by atoms with Crippen molar-refractivity contribution in [3.8, 4) is 0 Å². The van der Waals surface area contributed by atoms with E-state index in [0.29, 0.717) is 0 Å². The first-order chi connectivity index (χ1) is 8.20. The smallest absolute Gasteiger partial charge is 0.0510 e. The zero-order chi connectivity index (χ0) is 12.3. The SMILES string of the molecule is Cc1ccc(N2CCC(CCN)CC2)c(Br)c1. The molecule has 0 spiro atoms. The molecule has 17 heavy (non-hydrogen) atoms. The summed E-state index contributed by atoms with van der Waals surface area (Å²) in [7, 11) is 0. The van der Waals surface area contributed by atoms with Crippen LogP contribution in [0, 0.1) is 12.8 Å². The lowest BCUT2D eigenvalue weighted by Gasteiger charge is -2.34. The molecule has 0 saturated carbocycles. The number of piperidine rings is 1. The van der Waals surface area contributed by atoms with Crippen LogP contribution < -0.4 is 10.6 Å². The Bertz CT molecular complexity index is 370. The van der Waals surface area contributed by atoms with Crippen LogP contribution in [0.15, 0.2) is 22.7 Å². The van der Waals surface area contributed by atoms with Gasteiger partial charge in [0.1, 0.15) is 0 Å². The van der Waals surface area contributed by atoms with Gasteiger partial charge in [-0.25, -0.2) is 0 Å². The van der Waals surface area contributed by atoms with Crippen molar-refractivity contribution in [3.63, 3.8) is 0 Å². The van der Waals surface area contributed by atoms with Crippen LogP contribution in [0.1, 0.15) is 24.8 Å². The fraction of sp³-hybridized carbons (Fsp3) is 0.571. The monoisotopic (exact) mass is 296 g/mol. The highest BCUT2D eigenvalue weighted by molar-refractivity contribution is 9.10. The molecular weight excluding hydrogens is 276 g/mol. The number of aryl methyl sites for hydroxylation is 1. The second-order valence-electron chi connectivity index (χ2n) is 4.96. The van der Waals surface area contributed by atoms with Gasteiger partial charge in [-0.2, -0.15) is 0 Å². The summed E-state index contributed by atoms with van der Waals surface area (Å²) in [4.78, 5) is 2.48. The summed E-state index contributed by atoms with van der Waals surface area (Å²) in [6.07, 6.45) is 3.73. The van der Waals surface area contributed by atoms with Gasteiger partial charge >= 0.3 is 0 Å². The van der Waals surface area contributed by atoms with Gasteiger partial charge in [0, 0.05) is 17.6 Å². The minimum absolute atomic E-state index is 0.832. The Kier molecular flexibility index (Phi) is 4.46. The van der Waals surface area contributed by atoms with E-state index >= 15 is 0 Å². The highest BCUT2D eigenvalue weighted by Gasteiger charge is 2.19. The van der Waals surface area contributed by atoms with Crippen molar-refractivity contribution in [1.29, 1.82) is 0 Å². The number of hydrogen-bond donors (Lipinski definition) is 1. The molecule has 1 saturated heterocycles. The van der Waals surface area contributed by atoms with Crippen LogP contribution in [0.2, 0.25) is 0 Å². The van der Waals surface area contributed by atoms with Gasteiger partial charge < -0.3 is 10.6 Å². The molecule has 94 valence electrons. The van der Waals surface area contributed by atoms with E-state index < -0.39 is 0 Å². The standard InChI is InChI=1S/C14H21BrN2/c1-11-2-3-14(13(15)10-11)17-8-5-12(4-7-16)6-9-17/h2-3,10,12H,4-9,16H2,1H3. The van der Waals surface area contributed by atoms with E-state index in [9.17, 15) is 0 Å². The molecule has 2 nitrogen and oxygen atoms in total. The lowest BCUT2D eigenvalue weighted by atomic mass is 9.93. The van der Waals surface area contributed by atoms with Crippen molar-refractivity contribution in [2.75, 3.05) is 24.5 Å². The fourth-order valence-corrected chi connectivity index (χ4v) is 3.31. The third-order valence-electron chi connectivity index (χ3n) is 3.63. The first-order valence-electron chi connectivity index (χ1n) is 6.42. The van der Waals surface area contributed by atoms with E-state index in [1.165, 1.54) is 35.0 Å². The topological polar surface area (TPSA) is 29.3 Å². The molecule has 3 heteroatoms. The van der Waals surface area contributed by atoms with E-state index in [2.05, 4.69) is 46.0 Å². The third-order valence-corrected chi connectivity index (χ3v) is 4.27. The van der Waals surface area contributed by atoms with Crippen molar-refractivity contribution in [1.82, 2.24) is 0 Å². The quantitative estimate of drug-likeness (QED) is 0.927. The van der Waals surface area contributed by atoms with Crippen molar-refractivity contribution in [3.05, 3.63) is 28.2 Å². The molecule has 1 aromatic rings. The van der Waals surface area contributed by atoms with Crippen molar-refractivity contribution in [2.24, 2.45) is 11.7 Å². The minimum atomic E-state index is 0.832. The Labute approximate surface area is 112 Å². The molecule has 0 amide bonds. The largest absolute Gasteiger partial charge is 0.371 e. The van der Waals surface area contributed by atoms with Crippen LogP contribution in [-0.4, -0.2) is 19.6 Å². The van der Waals surface area contributed by atoms with E-state index in [1.54, 1.807) is 0 Å². The Hall–Kier alpha value is -0.540. The molecule has 2 N–H and O–H groups in total. The molecule has 1 aliphatic rings. The summed E-state index contributed by atoms with van der Waals surface area (Å²) in [5.74, 6) is 0.834. The average Bonchev–Trinajstić information content (AvgIpc) is 2.31. The summed E-state index contributed by atoms with van der Waals surface area (Å²) in [6.45, 7) is 5.28. The average molecular weight is 297 g/mol. The first-order valence-corrected chi connectivity index (χ1v) is 7.21. The molecule has 1 fully saturated rings. The second kappa shape index (κ2) is 5.87. The normalized spacial score (nSPS) is 17.5. The molecule has 0 unspecified atom stereocenters. The van der Waals surface area contributed by atoms with Crippen LogP contribution in [0.25, 0.3) is 0 Å². The van der Waals surface area contributed by atoms with E-state index in [4.69, 9.17) is 5.73 Å². The van der Waals surface area contributed by atoms with Crippen LogP contribution >= 0.6 is 15.9 Å². The van der Waals surface area contributed by atoms with Gasteiger partial charge in [-0.1, -0.05) is 6.07 Å². The Morgan fingerprint density at radius 1 is 1.35 bits per heavy atom. The fourth-order valence-electron chi connectivity index (χ4n) is 2.57. The van der Waals surface area contributed by atoms with Gasteiger partial charge in [0.15, 0.2) is 0 Å². The van der Waals surface area contributed by atoms with Gasteiger partial charge in [-0.3, -0.25) is 0 Å². The number of hydrogen-bond acceptors (Lipinski definition) is 2. The van der Waals surface area contributed by atoms with Gasteiger partial charge in [-0.05, 0) is 72.3 Å². The maximum atomic E-state index is 5.62. The maximum absolute atomic E-state index is 5.62. The lowest BCUT2D eigenvalue weighted by molar-refractivity contribution is 0.386. The first kappa shape index (κ1) is 12.9. The Morgan fingerprint density at radius 3 is 2.65 bits per heavy atom. The van der Waals surface area contributed by atoms with E-state index in [1.807, 2.05) is 0 Å². The van der Waals surface area contributed by atoms with Crippen molar-refractivity contribution >= 4 is 21.6 Å². The van der Waals surface area contributed by atoms with Crippen LogP contribution in [0.4, 0.5) is 5.69 Å². The van der Waals surface area contributed by atoms with Crippen molar-refractivity contribution in [2.45, 2.75) is 26.2 Å². The zero-order valence-corrected chi connectivity index (χ0v) is 12.0. The number of rotatable bonds is 3. The highest BCUT2D eigenvalue weighted by Crippen LogP contribution is 2.31. The number of anilines is 1. The van der Waals surface area contributed by atoms with E-state index in [-0.39, 0.29) is 0 Å². The molecule has 0 bridgehead atoms. The molecule has 0 aromatic heterocycles. The summed E-state index contributed by atoms with van der Waals surface area (Å²) in [5, 5.41) is 0. The summed E-state index contributed by atoms with van der Waals surface area (Å²) >= 11 is 3.67. The van der Waals surface area contributed by atoms with Crippen molar-refractivity contribution < 1.29 is 0 Å². The molecule has 2 rings (SSSR count). The van der Waals surface area contributed by atoms with Crippen LogP contribution in [0.3, 0.4) is 0 Å². The van der Waals surface area contributed by atoms with Crippen LogP contribution in [-0.2, 0) is 0 Å². The highest BCUT2D eigenvalue weighted by atomic mass is 79.9. The molecule has 1 heterocycles. The number of benzene rings is 1. The predicted molar refractivity (Wildman–Crippen MR) is 77.5 cm³/mol. The molecule has 1 aromatic carbocycles. The number of nitrogens with two attached hydrogens (primary N) is 1. The van der Waals surface area contributed by atoms with Crippen LogP contribution in [0.5, 0.6) is 0 Å². The zero-order valence-electron chi connectivity index (χ0n) is 10.5. The van der Waals surface area contributed by atoms with E-state index in [0.717, 1.165) is 25.6 Å². The van der Waals surface area contributed by atoms with Gasteiger partial charge in [0.25, 0.3) is 0 Å². The third kappa shape index (κ3) is 3.23.